The molecule has 0 spiro atoms. The molecule has 0 saturated carbocycles. The van der Waals surface area contributed by atoms with Crippen LogP contribution in [-0.2, 0) is 6.61 Å². The maximum absolute atomic E-state index is 5.53. The lowest BCUT2D eigenvalue weighted by atomic mass is 10.2. The smallest absolute Gasteiger partial charge is 0.276 e. The van der Waals surface area contributed by atoms with Crippen LogP contribution in [0.15, 0.2) is 33.9 Å². The van der Waals surface area contributed by atoms with Crippen molar-refractivity contribution in [1.82, 2.24) is 10.2 Å². The summed E-state index contributed by atoms with van der Waals surface area (Å²) in [5.74, 6) is 2.22. The number of hydrogen-bond donors (Lipinski definition) is 0. The van der Waals surface area contributed by atoms with Gasteiger partial charge in [-0.1, -0.05) is 36.4 Å². The third-order valence-corrected chi connectivity index (χ3v) is 2.80. The molecular formula is C12H14N2O2S. The van der Waals surface area contributed by atoms with Crippen molar-refractivity contribution in [1.29, 1.82) is 0 Å². The number of benzene rings is 1. The van der Waals surface area contributed by atoms with Gasteiger partial charge in [-0.2, -0.15) is 0 Å². The first kappa shape index (κ1) is 12.0. The maximum atomic E-state index is 5.53. The van der Waals surface area contributed by atoms with Crippen LogP contribution in [-0.4, -0.2) is 16.0 Å². The minimum Gasteiger partial charge on any atom is -0.484 e. The lowest BCUT2D eigenvalue weighted by Crippen LogP contribution is -1.95. The van der Waals surface area contributed by atoms with Gasteiger partial charge in [0.1, 0.15) is 5.75 Å². The molecule has 90 valence electrons. The molecule has 1 aromatic heterocycles. The number of ether oxygens (including phenoxy) is 1. The summed E-state index contributed by atoms with van der Waals surface area (Å²) in [6.45, 7) is 4.38. The highest BCUT2D eigenvalue weighted by Crippen LogP contribution is 2.17. The molecule has 0 bridgehead atoms. The highest BCUT2D eigenvalue weighted by atomic mass is 32.2. The summed E-state index contributed by atoms with van der Waals surface area (Å²) in [7, 11) is 0. The Kier molecular flexibility index (Phi) is 4.03. The van der Waals surface area contributed by atoms with Crippen molar-refractivity contribution >= 4 is 11.8 Å². The molecule has 0 aliphatic carbocycles. The molecular weight excluding hydrogens is 236 g/mol. The summed E-state index contributed by atoms with van der Waals surface area (Å²) in [5.41, 5.74) is 1.21. The standard InChI is InChI=1S/C12H14N2O2S/c1-3-17-12-14-13-11(16-12)8-15-10-6-4-9(2)5-7-10/h4-7H,3,8H2,1-2H3. The monoisotopic (exact) mass is 250 g/mol. The SMILES string of the molecule is CCSc1nnc(COc2ccc(C)cc2)o1. The van der Waals surface area contributed by atoms with Crippen LogP contribution in [0.1, 0.15) is 18.4 Å². The molecule has 17 heavy (non-hydrogen) atoms. The molecule has 0 aliphatic heterocycles. The van der Waals surface area contributed by atoms with Crippen molar-refractivity contribution in [2.45, 2.75) is 25.7 Å². The Morgan fingerprint density at radius 2 is 2.00 bits per heavy atom. The second-order valence-corrected chi connectivity index (χ2v) is 4.71. The fourth-order valence-corrected chi connectivity index (χ4v) is 1.76. The van der Waals surface area contributed by atoms with Gasteiger partial charge in [0.25, 0.3) is 11.1 Å². The first-order valence-corrected chi connectivity index (χ1v) is 6.41. The average Bonchev–Trinajstić information content (AvgIpc) is 2.77. The van der Waals surface area contributed by atoms with E-state index in [4.69, 9.17) is 9.15 Å². The Balaban J connectivity index is 1.90. The summed E-state index contributed by atoms with van der Waals surface area (Å²) >= 11 is 1.52. The van der Waals surface area contributed by atoms with Crippen molar-refractivity contribution in [2.75, 3.05) is 5.75 Å². The molecule has 5 heteroatoms. The van der Waals surface area contributed by atoms with Crippen LogP contribution in [0, 0.1) is 6.92 Å². The van der Waals surface area contributed by atoms with Gasteiger partial charge < -0.3 is 9.15 Å². The van der Waals surface area contributed by atoms with Crippen LogP contribution in [0.2, 0.25) is 0 Å². The van der Waals surface area contributed by atoms with Crippen LogP contribution in [0.25, 0.3) is 0 Å². The molecule has 0 amide bonds. The molecule has 1 heterocycles. The van der Waals surface area contributed by atoms with E-state index in [-0.39, 0.29) is 0 Å². The van der Waals surface area contributed by atoms with E-state index in [1.54, 1.807) is 0 Å². The van der Waals surface area contributed by atoms with E-state index >= 15 is 0 Å². The third kappa shape index (κ3) is 3.49. The van der Waals surface area contributed by atoms with Gasteiger partial charge in [-0.25, -0.2) is 0 Å². The predicted octanol–water partition coefficient (Wildman–Crippen LogP) is 3.07. The van der Waals surface area contributed by atoms with E-state index in [1.807, 2.05) is 38.1 Å². The van der Waals surface area contributed by atoms with Crippen molar-refractivity contribution in [2.24, 2.45) is 0 Å². The molecule has 2 rings (SSSR count). The summed E-state index contributed by atoms with van der Waals surface area (Å²) in [6, 6.07) is 7.85. The second-order valence-electron chi connectivity index (χ2n) is 3.50. The molecule has 0 aliphatic rings. The summed E-state index contributed by atoms with van der Waals surface area (Å²) in [6.07, 6.45) is 0. The molecule has 0 radical (unpaired) electrons. The highest BCUT2D eigenvalue weighted by molar-refractivity contribution is 7.99. The van der Waals surface area contributed by atoms with Gasteiger partial charge in [0, 0.05) is 0 Å². The summed E-state index contributed by atoms with van der Waals surface area (Å²) in [5, 5.41) is 8.40. The van der Waals surface area contributed by atoms with Crippen LogP contribution >= 0.6 is 11.8 Å². The van der Waals surface area contributed by atoms with E-state index in [9.17, 15) is 0 Å². The van der Waals surface area contributed by atoms with E-state index in [1.165, 1.54) is 17.3 Å². The zero-order valence-electron chi connectivity index (χ0n) is 9.84. The van der Waals surface area contributed by atoms with Crippen LogP contribution in [0.5, 0.6) is 5.75 Å². The number of aromatic nitrogens is 2. The molecule has 0 fully saturated rings. The Hall–Kier alpha value is -1.49. The Labute approximate surface area is 104 Å². The normalized spacial score (nSPS) is 10.5. The van der Waals surface area contributed by atoms with Gasteiger partial charge in [-0.3, -0.25) is 0 Å². The van der Waals surface area contributed by atoms with E-state index in [2.05, 4.69) is 10.2 Å². The Morgan fingerprint density at radius 3 is 2.71 bits per heavy atom. The zero-order chi connectivity index (χ0) is 12.1. The minimum atomic E-state index is 0.306. The lowest BCUT2D eigenvalue weighted by molar-refractivity contribution is 0.252. The third-order valence-electron chi connectivity index (χ3n) is 2.10. The Bertz CT molecular complexity index is 468. The minimum absolute atomic E-state index is 0.306. The van der Waals surface area contributed by atoms with Crippen LogP contribution in [0.4, 0.5) is 0 Å². The maximum Gasteiger partial charge on any atom is 0.276 e. The van der Waals surface area contributed by atoms with Crippen molar-refractivity contribution in [3.63, 3.8) is 0 Å². The quantitative estimate of drug-likeness (QED) is 0.763. The van der Waals surface area contributed by atoms with E-state index in [0.29, 0.717) is 17.7 Å². The zero-order valence-corrected chi connectivity index (χ0v) is 10.7. The van der Waals surface area contributed by atoms with Crippen LogP contribution in [0.3, 0.4) is 0 Å². The Morgan fingerprint density at radius 1 is 1.24 bits per heavy atom. The highest BCUT2D eigenvalue weighted by Gasteiger charge is 2.06. The summed E-state index contributed by atoms with van der Waals surface area (Å²) in [4.78, 5) is 0. The molecule has 0 saturated heterocycles. The van der Waals surface area contributed by atoms with Gasteiger partial charge in [0.15, 0.2) is 6.61 Å². The molecule has 2 aromatic rings. The first-order chi connectivity index (χ1) is 8.28. The average molecular weight is 250 g/mol. The molecule has 1 aromatic carbocycles. The van der Waals surface area contributed by atoms with Gasteiger partial charge >= 0.3 is 0 Å². The number of thioether (sulfide) groups is 1. The van der Waals surface area contributed by atoms with E-state index < -0.39 is 0 Å². The molecule has 0 unspecified atom stereocenters. The van der Waals surface area contributed by atoms with Gasteiger partial charge in [0.05, 0.1) is 0 Å². The topological polar surface area (TPSA) is 48.2 Å². The van der Waals surface area contributed by atoms with Gasteiger partial charge in [0.2, 0.25) is 0 Å². The fourth-order valence-electron chi connectivity index (χ4n) is 1.26. The second kappa shape index (κ2) is 5.72. The summed E-state index contributed by atoms with van der Waals surface area (Å²) < 4.78 is 10.9. The molecule has 4 nitrogen and oxygen atoms in total. The van der Waals surface area contributed by atoms with Crippen molar-refractivity contribution < 1.29 is 9.15 Å². The first-order valence-electron chi connectivity index (χ1n) is 5.42. The lowest BCUT2D eigenvalue weighted by Gasteiger charge is -2.02. The van der Waals surface area contributed by atoms with Crippen molar-refractivity contribution in [3.8, 4) is 5.75 Å². The fraction of sp³-hybridized carbons (Fsp3) is 0.333. The number of hydrogen-bond acceptors (Lipinski definition) is 5. The van der Waals surface area contributed by atoms with Crippen LogP contribution < -0.4 is 4.74 Å². The molecule has 0 N–H and O–H groups in total. The molecule has 0 atom stereocenters. The predicted molar refractivity (Wildman–Crippen MR) is 66.2 cm³/mol. The number of aryl methyl sites for hydroxylation is 1. The largest absolute Gasteiger partial charge is 0.484 e. The number of nitrogens with zero attached hydrogens (tertiary/aromatic N) is 2. The van der Waals surface area contributed by atoms with E-state index in [0.717, 1.165) is 11.5 Å². The van der Waals surface area contributed by atoms with Gasteiger partial charge in [-0.15, -0.1) is 10.2 Å². The van der Waals surface area contributed by atoms with Crippen molar-refractivity contribution in [3.05, 3.63) is 35.7 Å². The number of rotatable bonds is 5. The van der Waals surface area contributed by atoms with Gasteiger partial charge in [-0.05, 0) is 24.8 Å².